The molecule has 0 unspecified atom stereocenters. The third-order valence-corrected chi connectivity index (χ3v) is 3.87. The lowest BCUT2D eigenvalue weighted by atomic mass is 9.89. The Morgan fingerprint density at radius 1 is 1.13 bits per heavy atom. The van der Waals surface area contributed by atoms with Crippen LogP contribution in [0.3, 0.4) is 0 Å². The van der Waals surface area contributed by atoms with Gasteiger partial charge in [-0.15, -0.1) is 0 Å². The summed E-state index contributed by atoms with van der Waals surface area (Å²) in [5.41, 5.74) is 0. The van der Waals surface area contributed by atoms with Gasteiger partial charge in [-0.1, -0.05) is 19.3 Å². The Kier molecular flexibility index (Phi) is 3.62. The van der Waals surface area contributed by atoms with Crippen molar-refractivity contribution in [3.8, 4) is 0 Å². The Balaban J connectivity index is 1.84. The van der Waals surface area contributed by atoms with Gasteiger partial charge in [0.2, 0.25) is 0 Å². The van der Waals surface area contributed by atoms with Crippen molar-refractivity contribution in [3.63, 3.8) is 0 Å². The summed E-state index contributed by atoms with van der Waals surface area (Å²) in [5, 5.41) is 9.07. The first-order valence-corrected chi connectivity index (χ1v) is 6.24. The van der Waals surface area contributed by atoms with Gasteiger partial charge in [0.15, 0.2) is 0 Å². The van der Waals surface area contributed by atoms with Crippen LogP contribution in [0.2, 0.25) is 0 Å². The molecule has 1 saturated carbocycles. The van der Waals surface area contributed by atoms with Crippen LogP contribution in [0, 0.1) is 5.92 Å². The van der Waals surface area contributed by atoms with Crippen LogP contribution in [0.1, 0.15) is 44.9 Å². The normalized spacial score (nSPS) is 29.5. The molecule has 2 rings (SSSR count). The van der Waals surface area contributed by atoms with E-state index >= 15 is 0 Å². The minimum absolute atomic E-state index is 0.188. The molecule has 1 heterocycles. The molecule has 0 aromatic carbocycles. The molecule has 1 atom stereocenters. The summed E-state index contributed by atoms with van der Waals surface area (Å²) < 4.78 is 0. The highest BCUT2D eigenvalue weighted by molar-refractivity contribution is 5.73. The Bertz CT molecular complexity index is 224. The number of rotatable bonds is 3. The maximum absolute atomic E-state index is 11.0. The number of likely N-dealkylation sites (tertiary alicyclic amines) is 1. The number of hydrogen-bond acceptors (Lipinski definition) is 2. The van der Waals surface area contributed by atoms with E-state index in [4.69, 9.17) is 5.11 Å². The highest BCUT2D eigenvalue weighted by Crippen LogP contribution is 2.27. The molecule has 1 aliphatic carbocycles. The largest absolute Gasteiger partial charge is 0.480 e. The molecule has 2 aliphatic rings. The zero-order chi connectivity index (χ0) is 10.7. The first kappa shape index (κ1) is 10.9. The maximum Gasteiger partial charge on any atom is 0.320 e. The molecule has 0 bridgehead atoms. The molecule has 0 aromatic heterocycles. The van der Waals surface area contributed by atoms with Crippen LogP contribution >= 0.6 is 0 Å². The molecule has 2 fully saturated rings. The molecule has 1 aliphatic heterocycles. The van der Waals surface area contributed by atoms with E-state index in [-0.39, 0.29) is 6.04 Å². The molecule has 3 heteroatoms. The molecular weight excluding hydrogens is 190 g/mol. The monoisotopic (exact) mass is 211 g/mol. The van der Waals surface area contributed by atoms with E-state index < -0.39 is 5.97 Å². The van der Waals surface area contributed by atoms with Crippen molar-refractivity contribution in [2.45, 2.75) is 51.0 Å². The van der Waals surface area contributed by atoms with E-state index in [9.17, 15) is 4.79 Å². The van der Waals surface area contributed by atoms with Crippen molar-refractivity contribution in [2.24, 2.45) is 5.92 Å². The maximum atomic E-state index is 11.0. The second-order valence-electron chi connectivity index (χ2n) is 5.00. The van der Waals surface area contributed by atoms with E-state index in [0.717, 1.165) is 31.8 Å². The third kappa shape index (κ3) is 2.71. The van der Waals surface area contributed by atoms with Gasteiger partial charge < -0.3 is 5.11 Å². The van der Waals surface area contributed by atoms with Gasteiger partial charge in [0, 0.05) is 6.54 Å². The van der Waals surface area contributed by atoms with E-state index in [1.165, 1.54) is 32.1 Å². The lowest BCUT2D eigenvalue weighted by Crippen LogP contribution is -2.39. The first-order chi connectivity index (χ1) is 7.27. The van der Waals surface area contributed by atoms with Crippen molar-refractivity contribution in [1.82, 2.24) is 4.90 Å². The van der Waals surface area contributed by atoms with Gasteiger partial charge in [-0.2, -0.15) is 0 Å². The molecule has 15 heavy (non-hydrogen) atoms. The summed E-state index contributed by atoms with van der Waals surface area (Å²) in [7, 11) is 0. The van der Waals surface area contributed by atoms with Crippen molar-refractivity contribution in [2.75, 3.05) is 13.1 Å². The second kappa shape index (κ2) is 4.97. The minimum Gasteiger partial charge on any atom is -0.480 e. The van der Waals surface area contributed by atoms with E-state index in [1.54, 1.807) is 0 Å². The van der Waals surface area contributed by atoms with E-state index in [0.29, 0.717) is 0 Å². The van der Waals surface area contributed by atoms with Crippen molar-refractivity contribution < 1.29 is 9.90 Å². The molecule has 0 spiro atoms. The molecule has 0 aromatic rings. The highest BCUT2D eigenvalue weighted by atomic mass is 16.4. The minimum atomic E-state index is -0.622. The quantitative estimate of drug-likeness (QED) is 0.777. The fraction of sp³-hybridized carbons (Fsp3) is 0.917. The molecule has 1 saturated heterocycles. The Morgan fingerprint density at radius 2 is 1.87 bits per heavy atom. The summed E-state index contributed by atoms with van der Waals surface area (Å²) in [5.74, 6) is 0.141. The van der Waals surface area contributed by atoms with E-state index in [2.05, 4.69) is 4.90 Å². The van der Waals surface area contributed by atoms with Crippen LogP contribution in [0.25, 0.3) is 0 Å². The van der Waals surface area contributed by atoms with Gasteiger partial charge in [0.1, 0.15) is 6.04 Å². The standard InChI is InChI=1S/C12H21NO2/c14-12(15)11-7-4-8-13(11)9-10-5-2-1-3-6-10/h10-11H,1-9H2,(H,14,15)/t11-/m1/s1. The fourth-order valence-electron chi connectivity index (χ4n) is 3.03. The lowest BCUT2D eigenvalue weighted by Gasteiger charge is -2.29. The molecule has 0 radical (unpaired) electrons. The zero-order valence-corrected chi connectivity index (χ0v) is 9.32. The van der Waals surface area contributed by atoms with Gasteiger partial charge in [-0.25, -0.2) is 0 Å². The smallest absolute Gasteiger partial charge is 0.320 e. The van der Waals surface area contributed by atoms with Crippen LogP contribution in [-0.4, -0.2) is 35.1 Å². The summed E-state index contributed by atoms with van der Waals surface area (Å²) in [6.07, 6.45) is 8.59. The Morgan fingerprint density at radius 3 is 2.53 bits per heavy atom. The lowest BCUT2D eigenvalue weighted by molar-refractivity contribution is -0.142. The number of carbonyl (C=O) groups is 1. The summed E-state index contributed by atoms with van der Waals surface area (Å²) >= 11 is 0. The summed E-state index contributed by atoms with van der Waals surface area (Å²) in [4.78, 5) is 13.2. The van der Waals surface area contributed by atoms with Crippen LogP contribution < -0.4 is 0 Å². The molecule has 3 nitrogen and oxygen atoms in total. The number of carboxylic acid groups (broad SMARTS) is 1. The SMILES string of the molecule is O=C(O)[C@H]1CCCN1CC1CCCCC1. The zero-order valence-electron chi connectivity index (χ0n) is 9.32. The number of carboxylic acids is 1. The number of hydrogen-bond donors (Lipinski definition) is 1. The van der Waals surface area contributed by atoms with Gasteiger partial charge in [0.05, 0.1) is 0 Å². The van der Waals surface area contributed by atoms with Crippen molar-refractivity contribution in [1.29, 1.82) is 0 Å². The van der Waals surface area contributed by atoms with Crippen LogP contribution in [0.4, 0.5) is 0 Å². The second-order valence-corrected chi connectivity index (χ2v) is 5.00. The van der Waals surface area contributed by atoms with Gasteiger partial charge >= 0.3 is 5.97 Å². The Labute approximate surface area is 91.5 Å². The van der Waals surface area contributed by atoms with Crippen molar-refractivity contribution in [3.05, 3.63) is 0 Å². The highest BCUT2D eigenvalue weighted by Gasteiger charge is 2.31. The first-order valence-electron chi connectivity index (χ1n) is 6.24. The van der Waals surface area contributed by atoms with E-state index in [1.807, 2.05) is 0 Å². The Hall–Kier alpha value is -0.570. The summed E-state index contributed by atoms with van der Waals surface area (Å²) in [6, 6.07) is -0.188. The molecule has 0 amide bonds. The summed E-state index contributed by atoms with van der Waals surface area (Å²) in [6.45, 7) is 2.02. The van der Waals surface area contributed by atoms with Crippen LogP contribution in [0.15, 0.2) is 0 Å². The number of aliphatic carboxylic acids is 1. The van der Waals surface area contributed by atoms with Crippen LogP contribution in [-0.2, 0) is 4.79 Å². The van der Waals surface area contributed by atoms with Crippen LogP contribution in [0.5, 0.6) is 0 Å². The third-order valence-electron chi connectivity index (χ3n) is 3.87. The molecule has 1 N–H and O–H groups in total. The predicted molar refractivity (Wildman–Crippen MR) is 58.8 cm³/mol. The van der Waals surface area contributed by atoms with Gasteiger partial charge in [-0.3, -0.25) is 9.69 Å². The average molecular weight is 211 g/mol. The topological polar surface area (TPSA) is 40.5 Å². The predicted octanol–water partition coefficient (Wildman–Crippen LogP) is 2.12. The van der Waals surface area contributed by atoms with Crippen molar-refractivity contribution >= 4 is 5.97 Å². The average Bonchev–Trinajstić information content (AvgIpc) is 2.67. The molecule has 86 valence electrons. The number of nitrogens with zero attached hydrogens (tertiary/aromatic N) is 1. The molecular formula is C12H21NO2. The van der Waals surface area contributed by atoms with Gasteiger partial charge in [0.25, 0.3) is 0 Å². The van der Waals surface area contributed by atoms with Gasteiger partial charge in [-0.05, 0) is 38.1 Å². The fourth-order valence-corrected chi connectivity index (χ4v) is 3.03.